The Bertz CT molecular complexity index is 1010. The van der Waals surface area contributed by atoms with Crippen LogP contribution in [0.4, 0.5) is 11.5 Å². The standard InChI is InChI=1S/C18H21N5O3S/c1-12-18(13(2)22-21-12)27(24,25)23-17-9-8-15(11-20-17)19-10-14-6-4-5-7-16(14)26-3/h4-9,11,19H,10H2,1-3H3,(H,20,23)(H,21,22). The van der Waals surface area contributed by atoms with Crippen LogP contribution in [0.5, 0.6) is 5.75 Å². The molecule has 2 aromatic heterocycles. The van der Waals surface area contributed by atoms with Gasteiger partial charge in [0.15, 0.2) is 0 Å². The van der Waals surface area contributed by atoms with Crippen LogP contribution in [0.15, 0.2) is 47.5 Å². The zero-order valence-electron chi connectivity index (χ0n) is 15.3. The van der Waals surface area contributed by atoms with Gasteiger partial charge in [0.1, 0.15) is 16.5 Å². The van der Waals surface area contributed by atoms with E-state index in [1.807, 2.05) is 24.3 Å². The largest absolute Gasteiger partial charge is 0.496 e. The summed E-state index contributed by atoms with van der Waals surface area (Å²) in [7, 11) is -2.12. The van der Waals surface area contributed by atoms with Crippen molar-refractivity contribution >= 4 is 21.5 Å². The minimum Gasteiger partial charge on any atom is -0.496 e. The number of nitrogens with one attached hydrogen (secondary N) is 3. The summed E-state index contributed by atoms with van der Waals surface area (Å²) in [6.07, 6.45) is 1.57. The van der Waals surface area contributed by atoms with E-state index in [9.17, 15) is 8.42 Å². The minimum absolute atomic E-state index is 0.141. The van der Waals surface area contributed by atoms with Gasteiger partial charge in [-0.15, -0.1) is 0 Å². The molecule has 0 spiro atoms. The van der Waals surface area contributed by atoms with E-state index in [4.69, 9.17) is 4.74 Å². The molecule has 9 heteroatoms. The van der Waals surface area contributed by atoms with Gasteiger partial charge in [-0.1, -0.05) is 18.2 Å². The Morgan fingerprint density at radius 1 is 1.15 bits per heavy atom. The summed E-state index contributed by atoms with van der Waals surface area (Å²) in [5.41, 5.74) is 2.67. The highest BCUT2D eigenvalue weighted by molar-refractivity contribution is 7.92. The second-order valence-electron chi connectivity index (χ2n) is 5.97. The number of aromatic nitrogens is 3. The molecule has 0 fully saturated rings. The highest BCUT2D eigenvalue weighted by Gasteiger charge is 2.22. The highest BCUT2D eigenvalue weighted by atomic mass is 32.2. The molecule has 142 valence electrons. The van der Waals surface area contributed by atoms with Crippen LogP contribution in [-0.2, 0) is 16.6 Å². The van der Waals surface area contributed by atoms with Crippen molar-refractivity contribution in [2.24, 2.45) is 0 Å². The van der Waals surface area contributed by atoms with E-state index in [0.717, 1.165) is 17.0 Å². The molecule has 0 bridgehead atoms. The van der Waals surface area contributed by atoms with Crippen molar-refractivity contribution in [1.29, 1.82) is 0 Å². The summed E-state index contributed by atoms with van der Waals surface area (Å²) in [5.74, 6) is 1.03. The maximum absolute atomic E-state index is 12.5. The van der Waals surface area contributed by atoms with Crippen LogP contribution in [0.25, 0.3) is 0 Å². The first kappa shape index (κ1) is 18.7. The molecule has 2 heterocycles. The lowest BCUT2D eigenvalue weighted by Gasteiger charge is -2.11. The molecular weight excluding hydrogens is 366 g/mol. The SMILES string of the molecule is COc1ccccc1CNc1ccc(NS(=O)(=O)c2c(C)n[nH]c2C)nc1. The fourth-order valence-electron chi connectivity index (χ4n) is 2.73. The van der Waals surface area contributed by atoms with Crippen LogP contribution in [0, 0.1) is 13.8 Å². The molecule has 3 aromatic rings. The molecule has 1 aromatic carbocycles. The van der Waals surface area contributed by atoms with Crippen molar-refractivity contribution in [3.63, 3.8) is 0 Å². The second kappa shape index (κ2) is 7.67. The molecule has 0 unspecified atom stereocenters. The molecule has 8 nitrogen and oxygen atoms in total. The summed E-state index contributed by atoms with van der Waals surface area (Å²) in [4.78, 5) is 4.31. The van der Waals surface area contributed by atoms with Gasteiger partial charge in [-0.3, -0.25) is 9.82 Å². The number of benzene rings is 1. The topological polar surface area (TPSA) is 109 Å². The van der Waals surface area contributed by atoms with Crippen LogP contribution in [0.3, 0.4) is 0 Å². The number of sulfonamides is 1. The van der Waals surface area contributed by atoms with E-state index in [-0.39, 0.29) is 10.7 Å². The predicted molar refractivity (Wildman–Crippen MR) is 103 cm³/mol. The highest BCUT2D eigenvalue weighted by Crippen LogP contribution is 2.22. The van der Waals surface area contributed by atoms with Crippen molar-refractivity contribution < 1.29 is 13.2 Å². The number of anilines is 2. The molecule has 0 saturated heterocycles. The first-order chi connectivity index (χ1) is 12.9. The smallest absolute Gasteiger partial charge is 0.266 e. The molecule has 0 radical (unpaired) electrons. The Morgan fingerprint density at radius 3 is 2.56 bits per heavy atom. The maximum atomic E-state index is 12.5. The third kappa shape index (κ3) is 4.20. The van der Waals surface area contributed by atoms with Gasteiger partial charge in [-0.05, 0) is 32.0 Å². The fourth-order valence-corrected chi connectivity index (χ4v) is 4.11. The molecule has 3 N–H and O–H groups in total. The van der Waals surface area contributed by atoms with Crippen LogP contribution < -0.4 is 14.8 Å². The number of pyridine rings is 1. The lowest BCUT2D eigenvalue weighted by atomic mass is 10.2. The Hall–Kier alpha value is -3.07. The van der Waals surface area contributed by atoms with Crippen LogP contribution in [0.1, 0.15) is 17.0 Å². The van der Waals surface area contributed by atoms with E-state index >= 15 is 0 Å². The van der Waals surface area contributed by atoms with Gasteiger partial charge in [-0.2, -0.15) is 5.10 Å². The van der Waals surface area contributed by atoms with Gasteiger partial charge >= 0.3 is 0 Å². The average Bonchev–Trinajstić information content (AvgIpc) is 3.00. The van der Waals surface area contributed by atoms with Gasteiger partial charge in [0.05, 0.1) is 30.4 Å². The van der Waals surface area contributed by atoms with E-state index in [2.05, 4.69) is 25.2 Å². The number of nitrogens with zero attached hydrogens (tertiary/aromatic N) is 2. The normalized spacial score (nSPS) is 11.2. The van der Waals surface area contributed by atoms with Gasteiger partial charge in [0, 0.05) is 12.1 Å². The molecule has 0 aliphatic heterocycles. The monoisotopic (exact) mass is 387 g/mol. The van der Waals surface area contributed by atoms with E-state index in [0.29, 0.717) is 17.9 Å². The number of hydrogen-bond acceptors (Lipinski definition) is 6. The number of ether oxygens (including phenoxy) is 1. The molecule has 0 saturated carbocycles. The fraction of sp³-hybridized carbons (Fsp3) is 0.222. The molecular formula is C18H21N5O3S. The Kier molecular flexibility index (Phi) is 5.31. The van der Waals surface area contributed by atoms with E-state index < -0.39 is 10.0 Å². The van der Waals surface area contributed by atoms with Crippen molar-refractivity contribution in [3.05, 3.63) is 59.5 Å². The minimum atomic E-state index is -3.75. The van der Waals surface area contributed by atoms with Crippen LogP contribution in [-0.4, -0.2) is 30.7 Å². The van der Waals surface area contributed by atoms with E-state index in [1.54, 1.807) is 39.3 Å². The summed E-state index contributed by atoms with van der Waals surface area (Å²) in [6.45, 7) is 3.85. The number of H-pyrrole nitrogens is 1. The average molecular weight is 387 g/mol. The summed E-state index contributed by atoms with van der Waals surface area (Å²) in [5, 5.41) is 9.83. The quantitative estimate of drug-likeness (QED) is 0.575. The number of rotatable bonds is 7. The maximum Gasteiger partial charge on any atom is 0.266 e. The van der Waals surface area contributed by atoms with Gasteiger partial charge in [0.25, 0.3) is 10.0 Å². The zero-order chi connectivity index (χ0) is 19.4. The first-order valence-corrected chi connectivity index (χ1v) is 9.75. The summed E-state index contributed by atoms with van der Waals surface area (Å²) < 4.78 is 32.9. The Labute approximate surface area is 158 Å². The predicted octanol–water partition coefficient (Wildman–Crippen LogP) is 2.84. The van der Waals surface area contributed by atoms with Crippen molar-refractivity contribution in [2.75, 3.05) is 17.1 Å². The first-order valence-electron chi connectivity index (χ1n) is 8.27. The molecule has 27 heavy (non-hydrogen) atoms. The van der Waals surface area contributed by atoms with Crippen LogP contribution >= 0.6 is 0 Å². The Morgan fingerprint density at radius 2 is 1.93 bits per heavy atom. The third-order valence-electron chi connectivity index (χ3n) is 4.01. The van der Waals surface area contributed by atoms with Crippen molar-refractivity contribution in [3.8, 4) is 5.75 Å². The lowest BCUT2D eigenvalue weighted by Crippen LogP contribution is -2.15. The van der Waals surface area contributed by atoms with Crippen molar-refractivity contribution in [1.82, 2.24) is 15.2 Å². The van der Waals surface area contributed by atoms with Gasteiger partial charge in [-0.25, -0.2) is 13.4 Å². The molecule has 0 aliphatic rings. The van der Waals surface area contributed by atoms with Crippen molar-refractivity contribution in [2.45, 2.75) is 25.3 Å². The number of para-hydroxylation sites is 1. The number of aryl methyl sites for hydroxylation is 2. The summed E-state index contributed by atoms with van der Waals surface area (Å²) >= 11 is 0. The number of methoxy groups -OCH3 is 1. The lowest BCUT2D eigenvalue weighted by molar-refractivity contribution is 0.410. The van der Waals surface area contributed by atoms with Crippen LogP contribution in [0.2, 0.25) is 0 Å². The molecule has 0 aliphatic carbocycles. The number of aromatic amines is 1. The number of hydrogen-bond donors (Lipinski definition) is 3. The molecule has 3 rings (SSSR count). The van der Waals surface area contributed by atoms with Gasteiger partial charge < -0.3 is 10.1 Å². The molecule has 0 amide bonds. The van der Waals surface area contributed by atoms with Gasteiger partial charge in [0.2, 0.25) is 0 Å². The Balaban J connectivity index is 1.69. The third-order valence-corrected chi connectivity index (χ3v) is 5.62. The zero-order valence-corrected chi connectivity index (χ0v) is 16.1. The summed E-state index contributed by atoms with van der Waals surface area (Å²) in [6, 6.07) is 11.1. The molecule has 0 atom stereocenters. The van der Waals surface area contributed by atoms with E-state index in [1.165, 1.54) is 0 Å². The second-order valence-corrected chi connectivity index (χ2v) is 7.59.